The molecule has 0 aromatic heterocycles. The van der Waals surface area contributed by atoms with Crippen molar-refractivity contribution in [2.75, 3.05) is 17.2 Å². The number of halogens is 1. The fourth-order valence-electron chi connectivity index (χ4n) is 2.66. The second-order valence-electron chi connectivity index (χ2n) is 6.05. The Labute approximate surface area is 125 Å². The van der Waals surface area contributed by atoms with E-state index >= 15 is 0 Å². The van der Waals surface area contributed by atoms with E-state index in [0.29, 0.717) is 11.7 Å². The SMILES string of the molecule is CC(C)Nc1ccc(F)cc1NC(=O)[C@H]1CCN[C@@H](C)C1. The fraction of sp³-hybridized carbons (Fsp3) is 0.562. The number of hydrogen-bond donors (Lipinski definition) is 3. The van der Waals surface area contributed by atoms with Gasteiger partial charge >= 0.3 is 0 Å². The zero-order valence-corrected chi connectivity index (χ0v) is 12.9. The first-order valence-electron chi connectivity index (χ1n) is 7.56. The van der Waals surface area contributed by atoms with Gasteiger partial charge in [-0.3, -0.25) is 4.79 Å². The molecule has 21 heavy (non-hydrogen) atoms. The van der Waals surface area contributed by atoms with E-state index in [4.69, 9.17) is 0 Å². The van der Waals surface area contributed by atoms with Gasteiger partial charge < -0.3 is 16.0 Å². The van der Waals surface area contributed by atoms with Gasteiger partial charge in [0.2, 0.25) is 5.91 Å². The summed E-state index contributed by atoms with van der Waals surface area (Å²) in [6.07, 6.45) is 1.63. The summed E-state index contributed by atoms with van der Waals surface area (Å²) in [6, 6.07) is 4.98. The van der Waals surface area contributed by atoms with Crippen molar-refractivity contribution in [1.29, 1.82) is 0 Å². The molecule has 0 spiro atoms. The summed E-state index contributed by atoms with van der Waals surface area (Å²) in [5.74, 6) is -0.393. The molecule has 1 saturated heterocycles. The van der Waals surface area contributed by atoms with E-state index in [1.54, 1.807) is 6.07 Å². The summed E-state index contributed by atoms with van der Waals surface area (Å²) >= 11 is 0. The highest BCUT2D eigenvalue weighted by Gasteiger charge is 2.25. The predicted molar refractivity (Wildman–Crippen MR) is 84.0 cm³/mol. The fourth-order valence-corrected chi connectivity index (χ4v) is 2.66. The minimum absolute atomic E-state index is 0.0172. The molecule has 0 radical (unpaired) electrons. The molecule has 1 aromatic carbocycles. The van der Waals surface area contributed by atoms with E-state index in [2.05, 4.69) is 22.9 Å². The van der Waals surface area contributed by atoms with Crippen LogP contribution in [0.25, 0.3) is 0 Å². The van der Waals surface area contributed by atoms with Gasteiger partial charge in [0.25, 0.3) is 0 Å². The first-order valence-corrected chi connectivity index (χ1v) is 7.56. The number of nitrogens with one attached hydrogen (secondary N) is 3. The number of carbonyl (C=O) groups is 1. The predicted octanol–water partition coefficient (Wildman–Crippen LogP) is 2.97. The number of amides is 1. The summed E-state index contributed by atoms with van der Waals surface area (Å²) in [5.41, 5.74) is 1.27. The number of anilines is 2. The molecular formula is C16H24FN3O. The number of hydrogen-bond acceptors (Lipinski definition) is 3. The maximum Gasteiger partial charge on any atom is 0.227 e. The molecule has 3 N–H and O–H groups in total. The Morgan fingerprint density at radius 2 is 2.14 bits per heavy atom. The highest BCUT2D eigenvalue weighted by Crippen LogP contribution is 2.26. The van der Waals surface area contributed by atoms with Crippen molar-refractivity contribution in [3.8, 4) is 0 Å². The smallest absolute Gasteiger partial charge is 0.227 e. The maximum absolute atomic E-state index is 13.5. The topological polar surface area (TPSA) is 53.2 Å². The Bertz CT molecular complexity index is 504. The molecule has 0 bridgehead atoms. The van der Waals surface area contributed by atoms with Crippen LogP contribution in [0.5, 0.6) is 0 Å². The molecule has 1 fully saturated rings. The normalized spacial score (nSPS) is 22.1. The number of piperidine rings is 1. The highest BCUT2D eigenvalue weighted by atomic mass is 19.1. The van der Waals surface area contributed by atoms with Crippen molar-refractivity contribution >= 4 is 17.3 Å². The zero-order valence-electron chi connectivity index (χ0n) is 12.9. The molecule has 5 heteroatoms. The van der Waals surface area contributed by atoms with Crippen LogP contribution in [0.2, 0.25) is 0 Å². The van der Waals surface area contributed by atoms with Crippen molar-refractivity contribution < 1.29 is 9.18 Å². The van der Waals surface area contributed by atoms with E-state index in [9.17, 15) is 9.18 Å². The van der Waals surface area contributed by atoms with Gasteiger partial charge in [0.1, 0.15) is 5.82 Å². The molecule has 1 aromatic rings. The summed E-state index contributed by atoms with van der Waals surface area (Å²) in [6.45, 7) is 6.93. The van der Waals surface area contributed by atoms with Gasteiger partial charge in [0.05, 0.1) is 11.4 Å². The Morgan fingerprint density at radius 3 is 2.81 bits per heavy atom. The van der Waals surface area contributed by atoms with Crippen LogP contribution in [0.4, 0.5) is 15.8 Å². The van der Waals surface area contributed by atoms with Crippen LogP contribution in [0.1, 0.15) is 33.6 Å². The molecule has 4 nitrogen and oxygen atoms in total. The quantitative estimate of drug-likeness (QED) is 0.800. The van der Waals surface area contributed by atoms with E-state index in [1.165, 1.54) is 12.1 Å². The maximum atomic E-state index is 13.5. The first-order chi connectivity index (χ1) is 9.95. The Morgan fingerprint density at radius 1 is 1.38 bits per heavy atom. The highest BCUT2D eigenvalue weighted by molar-refractivity contribution is 5.95. The lowest BCUT2D eigenvalue weighted by Gasteiger charge is -2.27. The third-order valence-corrected chi connectivity index (χ3v) is 3.68. The summed E-state index contributed by atoms with van der Waals surface area (Å²) in [7, 11) is 0. The molecule has 1 aliphatic heterocycles. The number of benzene rings is 1. The molecular weight excluding hydrogens is 269 g/mol. The molecule has 0 unspecified atom stereocenters. The summed E-state index contributed by atoms with van der Waals surface area (Å²) < 4.78 is 13.5. The van der Waals surface area contributed by atoms with E-state index in [-0.39, 0.29) is 23.7 Å². The van der Waals surface area contributed by atoms with Gasteiger partial charge in [-0.25, -0.2) is 4.39 Å². The van der Waals surface area contributed by atoms with Gasteiger partial charge in [-0.2, -0.15) is 0 Å². The minimum atomic E-state index is -0.349. The van der Waals surface area contributed by atoms with Gasteiger partial charge in [-0.1, -0.05) is 0 Å². The Kier molecular flexibility index (Phi) is 5.17. The number of carbonyl (C=O) groups excluding carboxylic acids is 1. The second kappa shape index (κ2) is 6.89. The molecule has 0 aliphatic carbocycles. The lowest BCUT2D eigenvalue weighted by Crippen LogP contribution is -2.40. The monoisotopic (exact) mass is 293 g/mol. The standard InChI is InChI=1S/C16H24FN3O/c1-10(2)19-14-5-4-13(17)9-15(14)20-16(21)12-6-7-18-11(3)8-12/h4-5,9-12,18-19H,6-8H2,1-3H3,(H,20,21)/t11-,12-/m0/s1. The van der Waals surface area contributed by atoms with Crippen molar-refractivity contribution in [3.63, 3.8) is 0 Å². The summed E-state index contributed by atoms with van der Waals surface area (Å²) in [4.78, 5) is 12.4. The number of rotatable bonds is 4. The molecule has 1 aliphatic rings. The lowest BCUT2D eigenvalue weighted by molar-refractivity contribution is -0.120. The van der Waals surface area contributed by atoms with E-state index in [1.807, 2.05) is 13.8 Å². The minimum Gasteiger partial charge on any atom is -0.381 e. The third-order valence-electron chi connectivity index (χ3n) is 3.68. The van der Waals surface area contributed by atoms with Crippen LogP contribution in [-0.4, -0.2) is 24.5 Å². The van der Waals surface area contributed by atoms with Crippen molar-refractivity contribution in [3.05, 3.63) is 24.0 Å². The van der Waals surface area contributed by atoms with Crippen LogP contribution < -0.4 is 16.0 Å². The zero-order chi connectivity index (χ0) is 15.4. The van der Waals surface area contributed by atoms with Crippen LogP contribution in [-0.2, 0) is 4.79 Å². The summed E-state index contributed by atoms with van der Waals surface area (Å²) in [5, 5.41) is 9.43. The molecule has 0 saturated carbocycles. The molecule has 2 rings (SSSR count). The van der Waals surface area contributed by atoms with Gasteiger partial charge in [-0.15, -0.1) is 0 Å². The van der Waals surface area contributed by atoms with E-state index in [0.717, 1.165) is 25.1 Å². The lowest BCUT2D eigenvalue weighted by atomic mass is 9.92. The third kappa shape index (κ3) is 4.43. The van der Waals surface area contributed by atoms with Crippen LogP contribution in [0.15, 0.2) is 18.2 Å². The second-order valence-corrected chi connectivity index (χ2v) is 6.05. The average molecular weight is 293 g/mol. The van der Waals surface area contributed by atoms with Crippen molar-refractivity contribution in [2.24, 2.45) is 5.92 Å². The van der Waals surface area contributed by atoms with Crippen molar-refractivity contribution in [2.45, 2.75) is 45.7 Å². The first kappa shape index (κ1) is 15.8. The van der Waals surface area contributed by atoms with Crippen LogP contribution >= 0.6 is 0 Å². The van der Waals surface area contributed by atoms with Crippen LogP contribution in [0.3, 0.4) is 0 Å². The molecule has 2 atom stereocenters. The van der Waals surface area contributed by atoms with Crippen LogP contribution in [0, 0.1) is 11.7 Å². The average Bonchev–Trinajstić information content (AvgIpc) is 2.41. The van der Waals surface area contributed by atoms with E-state index < -0.39 is 0 Å². The molecule has 1 heterocycles. The van der Waals surface area contributed by atoms with Gasteiger partial charge in [-0.05, 0) is 58.4 Å². The van der Waals surface area contributed by atoms with Gasteiger partial charge in [0.15, 0.2) is 0 Å². The largest absolute Gasteiger partial charge is 0.381 e. The Balaban J connectivity index is 2.10. The molecule has 116 valence electrons. The van der Waals surface area contributed by atoms with Crippen molar-refractivity contribution in [1.82, 2.24) is 5.32 Å². The molecule has 1 amide bonds. The van der Waals surface area contributed by atoms with Gasteiger partial charge in [0, 0.05) is 18.0 Å². The Hall–Kier alpha value is -1.62.